The summed E-state index contributed by atoms with van der Waals surface area (Å²) in [4.78, 5) is 0. The average molecular weight is 223 g/mol. The largest absolute Gasteiger partial charge is 0.489 e. The van der Waals surface area contributed by atoms with Crippen molar-refractivity contribution in [2.75, 3.05) is 12.5 Å². The van der Waals surface area contributed by atoms with E-state index in [0.29, 0.717) is 12.5 Å². The molecule has 15 heavy (non-hydrogen) atoms. The van der Waals surface area contributed by atoms with Gasteiger partial charge in [0.1, 0.15) is 12.4 Å². The zero-order valence-corrected chi connectivity index (χ0v) is 9.58. The molecule has 0 fully saturated rings. The van der Waals surface area contributed by atoms with Crippen LogP contribution in [0.5, 0.6) is 5.75 Å². The zero-order valence-electron chi connectivity index (χ0n) is 8.82. The zero-order chi connectivity index (χ0) is 10.9. The third kappa shape index (κ3) is 4.22. The Morgan fingerprint density at radius 1 is 1.27 bits per heavy atom. The summed E-state index contributed by atoms with van der Waals surface area (Å²) >= 11 is 5.51. The highest BCUT2D eigenvalue weighted by Gasteiger charge is 1.96. The molecule has 0 unspecified atom stereocenters. The molecule has 0 saturated carbocycles. The van der Waals surface area contributed by atoms with Gasteiger partial charge in [-0.2, -0.15) is 0 Å². The van der Waals surface area contributed by atoms with Crippen molar-refractivity contribution >= 4 is 17.7 Å². The van der Waals surface area contributed by atoms with Crippen molar-refractivity contribution in [2.24, 2.45) is 0 Å². The highest BCUT2D eigenvalue weighted by atomic mass is 35.5. The van der Waals surface area contributed by atoms with Gasteiger partial charge in [0.15, 0.2) is 0 Å². The van der Waals surface area contributed by atoms with Crippen LogP contribution in [-0.4, -0.2) is 12.5 Å². The van der Waals surface area contributed by atoms with Crippen LogP contribution in [0, 0.1) is 0 Å². The second kappa shape index (κ2) is 7.13. The van der Waals surface area contributed by atoms with Gasteiger partial charge >= 0.3 is 0 Å². The fourth-order valence-corrected chi connectivity index (χ4v) is 1.32. The minimum atomic E-state index is 0.528. The Bertz CT molecular complexity index is 342. The Kier molecular flexibility index (Phi) is 5.64. The van der Waals surface area contributed by atoms with Crippen LogP contribution in [0.3, 0.4) is 0 Å². The van der Waals surface area contributed by atoms with Gasteiger partial charge in [-0.25, -0.2) is 0 Å². The van der Waals surface area contributed by atoms with Gasteiger partial charge in [-0.1, -0.05) is 42.5 Å². The molecule has 0 saturated heterocycles. The van der Waals surface area contributed by atoms with E-state index in [4.69, 9.17) is 16.3 Å². The average Bonchev–Trinajstić information content (AvgIpc) is 2.27. The number of benzene rings is 1. The number of rotatable bonds is 5. The van der Waals surface area contributed by atoms with Crippen molar-refractivity contribution in [3.05, 3.63) is 48.1 Å². The second-order valence-electron chi connectivity index (χ2n) is 2.97. The Morgan fingerprint density at radius 2 is 2.07 bits per heavy atom. The van der Waals surface area contributed by atoms with Crippen molar-refractivity contribution < 1.29 is 4.74 Å². The molecule has 1 nitrogen and oxygen atoms in total. The summed E-state index contributed by atoms with van der Waals surface area (Å²) in [6.45, 7) is 2.55. The monoisotopic (exact) mass is 222 g/mol. The number of para-hydroxylation sites is 1. The van der Waals surface area contributed by atoms with Crippen molar-refractivity contribution in [3.63, 3.8) is 0 Å². The van der Waals surface area contributed by atoms with E-state index >= 15 is 0 Å². The molecule has 0 aromatic heterocycles. The first-order valence-corrected chi connectivity index (χ1v) is 5.47. The molecule has 1 aromatic rings. The van der Waals surface area contributed by atoms with Gasteiger partial charge in [-0.15, -0.1) is 11.6 Å². The second-order valence-corrected chi connectivity index (χ2v) is 3.28. The van der Waals surface area contributed by atoms with Gasteiger partial charge in [0.2, 0.25) is 0 Å². The fourth-order valence-electron chi connectivity index (χ4n) is 1.20. The third-order valence-electron chi connectivity index (χ3n) is 1.86. The molecule has 0 radical (unpaired) electrons. The van der Waals surface area contributed by atoms with E-state index in [2.05, 4.69) is 0 Å². The topological polar surface area (TPSA) is 9.23 Å². The predicted octanol–water partition coefficient (Wildman–Crippen LogP) is 3.89. The first-order chi connectivity index (χ1) is 7.38. The van der Waals surface area contributed by atoms with Crippen LogP contribution >= 0.6 is 11.6 Å². The molecule has 0 aliphatic carbocycles. The van der Waals surface area contributed by atoms with Gasteiger partial charge in [0, 0.05) is 11.4 Å². The van der Waals surface area contributed by atoms with Gasteiger partial charge in [-0.05, 0) is 13.0 Å². The quantitative estimate of drug-likeness (QED) is 0.543. The number of ether oxygens (including phenoxy) is 1. The van der Waals surface area contributed by atoms with Crippen molar-refractivity contribution in [2.45, 2.75) is 6.92 Å². The van der Waals surface area contributed by atoms with Crippen LogP contribution in [-0.2, 0) is 0 Å². The Labute approximate surface area is 96.0 Å². The molecule has 0 N–H and O–H groups in total. The standard InChI is InChI=1S/C13H15ClO/c1-2-7-12-8-3-4-9-13(12)15-11-6-5-10-14/h2-9H,10-11H2,1H3. The van der Waals surface area contributed by atoms with Gasteiger partial charge < -0.3 is 4.74 Å². The van der Waals surface area contributed by atoms with Crippen LogP contribution in [0.15, 0.2) is 42.5 Å². The predicted molar refractivity (Wildman–Crippen MR) is 66.5 cm³/mol. The van der Waals surface area contributed by atoms with E-state index in [1.165, 1.54) is 0 Å². The first kappa shape index (κ1) is 11.9. The van der Waals surface area contributed by atoms with Gasteiger partial charge in [0.25, 0.3) is 0 Å². The molecule has 0 amide bonds. The van der Waals surface area contributed by atoms with Crippen LogP contribution in [0.25, 0.3) is 6.08 Å². The van der Waals surface area contributed by atoms with E-state index in [0.717, 1.165) is 11.3 Å². The molecule has 2 heteroatoms. The molecule has 0 aliphatic rings. The number of halogens is 1. The molecule has 1 aromatic carbocycles. The Balaban J connectivity index is 2.63. The van der Waals surface area contributed by atoms with Crippen molar-refractivity contribution in [1.82, 2.24) is 0 Å². The molecule has 0 spiro atoms. The molecule has 0 bridgehead atoms. The maximum absolute atomic E-state index is 5.60. The van der Waals surface area contributed by atoms with Crippen LogP contribution in [0.1, 0.15) is 12.5 Å². The Morgan fingerprint density at radius 3 is 2.80 bits per heavy atom. The van der Waals surface area contributed by atoms with E-state index < -0.39 is 0 Å². The fraction of sp³-hybridized carbons (Fsp3) is 0.231. The molecule has 0 aliphatic heterocycles. The summed E-state index contributed by atoms with van der Waals surface area (Å²) < 4.78 is 5.60. The Hall–Kier alpha value is -1.21. The lowest BCUT2D eigenvalue weighted by atomic mass is 10.2. The minimum absolute atomic E-state index is 0.528. The van der Waals surface area contributed by atoms with Crippen LogP contribution < -0.4 is 4.74 Å². The first-order valence-electron chi connectivity index (χ1n) is 4.94. The van der Waals surface area contributed by atoms with Gasteiger partial charge in [-0.3, -0.25) is 0 Å². The highest BCUT2D eigenvalue weighted by molar-refractivity contribution is 6.18. The van der Waals surface area contributed by atoms with Crippen molar-refractivity contribution in [3.8, 4) is 5.75 Å². The normalized spacial score (nSPS) is 11.3. The lowest BCUT2D eigenvalue weighted by Crippen LogP contribution is -1.95. The van der Waals surface area contributed by atoms with Crippen LogP contribution in [0.4, 0.5) is 0 Å². The maximum Gasteiger partial charge on any atom is 0.126 e. The summed E-state index contributed by atoms with van der Waals surface area (Å²) in [5.41, 5.74) is 1.10. The summed E-state index contributed by atoms with van der Waals surface area (Å²) in [5, 5.41) is 0. The van der Waals surface area contributed by atoms with E-state index in [9.17, 15) is 0 Å². The lowest BCUT2D eigenvalue weighted by molar-refractivity contribution is 0.362. The van der Waals surface area contributed by atoms with Crippen molar-refractivity contribution in [1.29, 1.82) is 0 Å². The van der Waals surface area contributed by atoms with E-state index in [1.807, 2.05) is 55.5 Å². The van der Waals surface area contributed by atoms with E-state index in [1.54, 1.807) is 0 Å². The summed E-state index contributed by atoms with van der Waals surface area (Å²) in [7, 11) is 0. The maximum atomic E-state index is 5.60. The third-order valence-corrected chi connectivity index (χ3v) is 2.03. The number of allylic oxidation sites excluding steroid dienone is 2. The summed E-state index contributed by atoms with van der Waals surface area (Å²) in [5.74, 6) is 1.43. The van der Waals surface area contributed by atoms with Gasteiger partial charge in [0.05, 0.1) is 0 Å². The molecule has 80 valence electrons. The van der Waals surface area contributed by atoms with E-state index in [-0.39, 0.29) is 0 Å². The number of hydrogen-bond acceptors (Lipinski definition) is 1. The molecular weight excluding hydrogens is 208 g/mol. The smallest absolute Gasteiger partial charge is 0.126 e. The summed E-state index contributed by atoms with van der Waals surface area (Å²) in [6, 6.07) is 7.95. The highest BCUT2D eigenvalue weighted by Crippen LogP contribution is 2.19. The lowest BCUT2D eigenvalue weighted by Gasteiger charge is -2.06. The number of alkyl halides is 1. The molecular formula is C13H15ClO. The number of hydrogen-bond donors (Lipinski definition) is 0. The SMILES string of the molecule is CC=Cc1ccccc1OCC=CCCl. The molecule has 1 rings (SSSR count). The minimum Gasteiger partial charge on any atom is -0.489 e. The molecule has 0 heterocycles. The van der Waals surface area contributed by atoms with Crippen LogP contribution in [0.2, 0.25) is 0 Å². The summed E-state index contributed by atoms with van der Waals surface area (Å²) in [6.07, 6.45) is 7.82. The molecule has 0 atom stereocenters.